The molecule has 0 amide bonds. The van der Waals surface area contributed by atoms with Crippen LogP contribution in [0, 0.1) is 0 Å². The van der Waals surface area contributed by atoms with Gasteiger partial charge in [-0.2, -0.15) is 0 Å². The Labute approximate surface area is 488 Å². The number of carbonyl (C=O) groups is 2. The molecule has 0 bridgehead atoms. The van der Waals surface area contributed by atoms with Gasteiger partial charge < -0.3 is 18.9 Å². The van der Waals surface area contributed by atoms with E-state index < -0.39 is 26.5 Å². The van der Waals surface area contributed by atoms with Gasteiger partial charge in [0.05, 0.1) is 27.7 Å². The molecule has 458 valence electrons. The highest BCUT2D eigenvalue weighted by Crippen LogP contribution is 2.43. The molecule has 0 aromatic rings. The Kier molecular flexibility index (Phi) is 57.7. The van der Waals surface area contributed by atoms with Crippen molar-refractivity contribution in [1.82, 2.24) is 0 Å². The molecule has 9 nitrogen and oxygen atoms in total. The van der Waals surface area contributed by atoms with Crippen molar-refractivity contribution in [1.29, 1.82) is 0 Å². The number of rotatable bonds is 60. The van der Waals surface area contributed by atoms with E-state index in [-0.39, 0.29) is 32.0 Å². The summed E-state index contributed by atoms with van der Waals surface area (Å²) in [6.07, 6.45) is 81.1. The number of ether oxygens (including phenoxy) is 2. The minimum atomic E-state index is -4.39. The van der Waals surface area contributed by atoms with E-state index in [1.54, 1.807) is 0 Å². The Balaban J connectivity index is 3.99. The molecule has 0 radical (unpaired) electrons. The van der Waals surface area contributed by atoms with Crippen LogP contribution in [0.2, 0.25) is 0 Å². The second kappa shape index (κ2) is 59.8. The van der Waals surface area contributed by atoms with E-state index in [0.29, 0.717) is 17.4 Å². The first kappa shape index (κ1) is 76.2. The minimum Gasteiger partial charge on any atom is -0.462 e. The van der Waals surface area contributed by atoms with Crippen LogP contribution >= 0.6 is 7.82 Å². The van der Waals surface area contributed by atoms with Crippen molar-refractivity contribution >= 4 is 19.8 Å². The summed E-state index contributed by atoms with van der Waals surface area (Å²) in [4.78, 5) is 35.8. The lowest BCUT2D eigenvalue weighted by Crippen LogP contribution is -2.37. The highest BCUT2D eigenvalue weighted by Gasteiger charge is 2.27. The van der Waals surface area contributed by atoms with Crippen molar-refractivity contribution in [2.24, 2.45) is 0 Å². The number of likely N-dealkylation sites (N-methyl/N-ethyl adjacent to an activating group) is 1. The van der Waals surface area contributed by atoms with E-state index in [2.05, 4.69) is 98.9 Å². The van der Waals surface area contributed by atoms with Gasteiger partial charge in [-0.05, 0) is 89.9 Å². The predicted molar refractivity (Wildman–Crippen MR) is 339 cm³/mol. The minimum absolute atomic E-state index is 0.0295. The Bertz CT molecular complexity index is 1610. The Morgan fingerprint density at radius 2 is 0.722 bits per heavy atom. The Hall–Kier alpha value is -2.81. The van der Waals surface area contributed by atoms with Crippen LogP contribution in [0.25, 0.3) is 0 Å². The third kappa shape index (κ3) is 64.2. The molecule has 2 unspecified atom stereocenters. The van der Waals surface area contributed by atoms with Crippen molar-refractivity contribution in [3.8, 4) is 0 Å². The number of nitrogens with zero attached hydrogens (tertiary/aromatic N) is 1. The smallest absolute Gasteiger partial charge is 0.462 e. The van der Waals surface area contributed by atoms with Crippen LogP contribution in [-0.2, 0) is 32.7 Å². The second-order valence-corrected chi connectivity index (χ2v) is 24.6. The number of quaternary nitrogens is 1. The van der Waals surface area contributed by atoms with Crippen LogP contribution in [0.4, 0.5) is 0 Å². The van der Waals surface area contributed by atoms with E-state index in [0.717, 1.165) is 83.5 Å². The first-order chi connectivity index (χ1) is 38.5. The fourth-order valence-corrected chi connectivity index (χ4v) is 9.88. The number of unbranched alkanes of at least 4 members (excludes halogenated alkanes) is 32. The molecule has 1 N–H and O–H groups in total. The van der Waals surface area contributed by atoms with Gasteiger partial charge in [0.2, 0.25) is 0 Å². The van der Waals surface area contributed by atoms with Crippen LogP contribution in [0.1, 0.15) is 290 Å². The molecule has 2 atom stereocenters. The molecule has 0 heterocycles. The van der Waals surface area contributed by atoms with Crippen LogP contribution in [0.15, 0.2) is 85.1 Å². The molecule has 79 heavy (non-hydrogen) atoms. The SMILES string of the molecule is CC/C=C\C/C=C\C/C=C\C/C=C\C/C=C\CCCCCCCCCCCCCCCCCCCCCCCC(=O)OC(COC(=O)CCCCCCCCC/C=C\C/C=C\CCCCCC)COP(=O)(O)OCC[N+](C)(C)C. The average molecular weight is 1130 g/mol. The van der Waals surface area contributed by atoms with Crippen molar-refractivity contribution in [3.05, 3.63) is 85.1 Å². The van der Waals surface area contributed by atoms with E-state index >= 15 is 0 Å². The van der Waals surface area contributed by atoms with Gasteiger partial charge in [-0.25, -0.2) is 4.57 Å². The third-order valence-electron chi connectivity index (χ3n) is 14.2. The lowest BCUT2D eigenvalue weighted by atomic mass is 10.0. The van der Waals surface area contributed by atoms with Crippen molar-refractivity contribution in [2.45, 2.75) is 296 Å². The third-order valence-corrected chi connectivity index (χ3v) is 15.1. The molecule has 0 saturated carbocycles. The Morgan fingerprint density at radius 3 is 1.08 bits per heavy atom. The molecule has 0 spiro atoms. The van der Waals surface area contributed by atoms with Gasteiger partial charge in [-0.3, -0.25) is 18.6 Å². The molecule has 0 aliphatic carbocycles. The van der Waals surface area contributed by atoms with Gasteiger partial charge in [-0.15, -0.1) is 0 Å². The van der Waals surface area contributed by atoms with Crippen LogP contribution in [-0.4, -0.2) is 74.9 Å². The summed E-state index contributed by atoms with van der Waals surface area (Å²) in [5.74, 6) is -0.797. The van der Waals surface area contributed by atoms with E-state index in [4.69, 9.17) is 18.5 Å². The van der Waals surface area contributed by atoms with E-state index in [9.17, 15) is 19.0 Å². The molecule has 10 heteroatoms. The molecule has 0 aromatic heterocycles. The predicted octanol–water partition coefficient (Wildman–Crippen LogP) is 21.0. The first-order valence-electron chi connectivity index (χ1n) is 32.8. The monoisotopic (exact) mass is 1130 g/mol. The molecular weight excluding hydrogens is 1000 g/mol. The van der Waals surface area contributed by atoms with Crippen LogP contribution in [0.3, 0.4) is 0 Å². The number of phosphoric acid groups is 1. The van der Waals surface area contributed by atoms with Gasteiger partial charge in [0.25, 0.3) is 0 Å². The van der Waals surface area contributed by atoms with Gasteiger partial charge in [-0.1, -0.05) is 272 Å². The summed E-state index contributed by atoms with van der Waals surface area (Å²) in [7, 11) is 1.48. The number of phosphoric ester groups is 1. The maximum atomic E-state index is 12.8. The average Bonchev–Trinajstić information content (AvgIpc) is 3.41. The highest BCUT2D eigenvalue weighted by molar-refractivity contribution is 7.47. The number of carbonyl (C=O) groups excluding carboxylic acids is 2. The highest BCUT2D eigenvalue weighted by atomic mass is 31.2. The summed E-state index contributed by atoms with van der Waals surface area (Å²) in [5, 5.41) is 0. The van der Waals surface area contributed by atoms with Crippen molar-refractivity contribution in [3.63, 3.8) is 0 Å². The van der Waals surface area contributed by atoms with Gasteiger partial charge >= 0.3 is 19.8 Å². The second-order valence-electron chi connectivity index (χ2n) is 23.1. The zero-order valence-electron chi connectivity index (χ0n) is 52.1. The zero-order valence-corrected chi connectivity index (χ0v) is 53.0. The molecule has 0 fully saturated rings. The van der Waals surface area contributed by atoms with Crippen LogP contribution < -0.4 is 0 Å². The fourth-order valence-electron chi connectivity index (χ4n) is 9.13. The quantitative estimate of drug-likeness (QED) is 0.0211. The number of allylic oxidation sites excluding steroid dienone is 14. The summed E-state index contributed by atoms with van der Waals surface area (Å²) in [6, 6.07) is 0. The lowest BCUT2D eigenvalue weighted by molar-refractivity contribution is -0.870. The maximum Gasteiger partial charge on any atom is 0.472 e. The number of hydrogen-bond acceptors (Lipinski definition) is 7. The summed E-state index contributed by atoms with van der Waals surface area (Å²) in [6.45, 7) is 4.32. The van der Waals surface area contributed by atoms with Crippen molar-refractivity contribution in [2.75, 3.05) is 47.5 Å². The molecule has 0 aliphatic heterocycles. The van der Waals surface area contributed by atoms with E-state index in [1.165, 1.54) is 173 Å². The summed E-state index contributed by atoms with van der Waals surface area (Å²) < 4.78 is 34.6. The normalized spacial score (nSPS) is 13.7. The van der Waals surface area contributed by atoms with Gasteiger partial charge in [0, 0.05) is 12.8 Å². The largest absolute Gasteiger partial charge is 0.472 e. The van der Waals surface area contributed by atoms with E-state index in [1.807, 2.05) is 21.1 Å². The van der Waals surface area contributed by atoms with Gasteiger partial charge in [0.15, 0.2) is 6.10 Å². The van der Waals surface area contributed by atoms with Crippen molar-refractivity contribution < 1.29 is 42.1 Å². The Morgan fingerprint density at radius 1 is 0.405 bits per heavy atom. The molecule has 0 aromatic carbocycles. The zero-order chi connectivity index (χ0) is 57.7. The lowest BCUT2D eigenvalue weighted by Gasteiger charge is -2.24. The topological polar surface area (TPSA) is 108 Å². The first-order valence-corrected chi connectivity index (χ1v) is 34.3. The van der Waals surface area contributed by atoms with Gasteiger partial charge in [0.1, 0.15) is 19.8 Å². The molecule has 0 saturated heterocycles. The molecule has 0 aliphatic rings. The fraction of sp³-hybridized carbons (Fsp3) is 0.768. The number of hydrogen-bond donors (Lipinski definition) is 1. The standard InChI is InChI=1S/C69H124NO8P/c1-6-8-10-12-14-16-18-20-22-24-26-27-28-29-30-31-32-33-34-35-36-37-38-39-40-41-42-43-44-46-48-50-52-54-56-58-60-62-69(72)78-67(66-77-79(73,74)76-64-63-70(3,4)5)65-75-68(71)61-59-57-55-53-51-49-47-45-25-23-21-19-17-15-13-11-9-7-2/h8,10,14,16-17,19-20,22-23,25-27,29-30,67H,6-7,9,11-13,15,18,21,24,28,31-66H2,1-5H3/p+1/b10-8-,16-14-,19-17-,22-20-,25-23-,27-26-,30-29-. The molecule has 0 rings (SSSR count). The molecular formula is C69H125NO8P+. The summed E-state index contributed by atoms with van der Waals surface area (Å²) in [5.41, 5.74) is 0. The summed E-state index contributed by atoms with van der Waals surface area (Å²) >= 11 is 0. The van der Waals surface area contributed by atoms with Crippen LogP contribution in [0.5, 0.6) is 0 Å². The maximum absolute atomic E-state index is 12.8. The number of esters is 2.